The van der Waals surface area contributed by atoms with E-state index in [4.69, 9.17) is 5.26 Å². The van der Waals surface area contributed by atoms with E-state index < -0.39 is 0 Å². The van der Waals surface area contributed by atoms with E-state index in [1.807, 2.05) is 23.1 Å². The Bertz CT molecular complexity index is 840. The number of nitrogens with one attached hydrogen (secondary N) is 1. The lowest BCUT2D eigenvalue weighted by molar-refractivity contribution is 0.356. The smallest absolute Gasteiger partial charge is 0.160 e. The van der Waals surface area contributed by atoms with E-state index in [1.54, 1.807) is 6.20 Å². The van der Waals surface area contributed by atoms with Crippen LogP contribution in [0.1, 0.15) is 31.7 Å². The van der Waals surface area contributed by atoms with Crippen molar-refractivity contribution in [2.24, 2.45) is 5.92 Å². The molecule has 0 spiro atoms. The van der Waals surface area contributed by atoms with Crippen LogP contribution in [0, 0.1) is 17.2 Å². The molecule has 0 aromatic carbocycles. The van der Waals surface area contributed by atoms with Crippen molar-refractivity contribution in [2.75, 3.05) is 0 Å². The molecule has 2 atom stereocenters. The Morgan fingerprint density at radius 3 is 3.23 bits per heavy atom. The molecule has 4 rings (SSSR count). The molecule has 1 aliphatic rings. The number of nitriles is 1. The Morgan fingerprint density at radius 2 is 2.32 bits per heavy atom. The zero-order valence-electron chi connectivity index (χ0n) is 12.1. The number of aromatic amines is 1. The molecule has 1 saturated carbocycles. The third kappa shape index (κ3) is 2.06. The van der Waals surface area contributed by atoms with Gasteiger partial charge in [0.1, 0.15) is 0 Å². The SMILES string of the molecule is N#CC[C@@H]1CCC[C@@H]1n1cc(-c2cnnc3[nH]ccc23)cn1. The number of hydrogen-bond acceptors (Lipinski definition) is 4. The van der Waals surface area contributed by atoms with Crippen LogP contribution >= 0.6 is 0 Å². The van der Waals surface area contributed by atoms with Gasteiger partial charge in [-0.25, -0.2) is 0 Å². The lowest BCUT2D eigenvalue weighted by atomic mass is 10.0. The van der Waals surface area contributed by atoms with Crippen LogP contribution in [-0.4, -0.2) is 25.0 Å². The predicted octanol–water partition coefficient (Wildman–Crippen LogP) is 3.08. The second kappa shape index (κ2) is 5.26. The summed E-state index contributed by atoms with van der Waals surface area (Å²) in [5.41, 5.74) is 2.86. The number of nitrogens with zero attached hydrogens (tertiary/aromatic N) is 5. The maximum Gasteiger partial charge on any atom is 0.160 e. The highest BCUT2D eigenvalue weighted by Gasteiger charge is 2.29. The van der Waals surface area contributed by atoms with E-state index in [2.05, 4.69) is 32.5 Å². The Kier molecular flexibility index (Phi) is 3.11. The van der Waals surface area contributed by atoms with Crippen LogP contribution in [0.15, 0.2) is 30.9 Å². The molecular weight excluding hydrogens is 276 g/mol. The Labute approximate surface area is 127 Å². The van der Waals surface area contributed by atoms with E-state index in [0.29, 0.717) is 18.4 Å². The molecule has 22 heavy (non-hydrogen) atoms. The molecule has 6 nitrogen and oxygen atoms in total. The maximum atomic E-state index is 8.97. The van der Waals surface area contributed by atoms with Gasteiger partial charge in [0, 0.05) is 35.3 Å². The molecule has 0 unspecified atom stereocenters. The molecule has 1 fully saturated rings. The minimum atomic E-state index is 0.338. The average Bonchev–Trinajstić information content (AvgIpc) is 3.26. The third-order valence-corrected chi connectivity index (χ3v) is 4.58. The monoisotopic (exact) mass is 292 g/mol. The number of fused-ring (bicyclic) bond motifs is 1. The molecular formula is C16H16N6. The molecule has 0 radical (unpaired) electrons. The van der Waals surface area contributed by atoms with Crippen LogP contribution in [0.5, 0.6) is 0 Å². The summed E-state index contributed by atoms with van der Waals surface area (Å²) in [7, 11) is 0. The fourth-order valence-electron chi connectivity index (χ4n) is 3.48. The molecule has 0 saturated heterocycles. The lowest BCUT2D eigenvalue weighted by Gasteiger charge is -2.17. The first-order chi connectivity index (χ1) is 10.9. The summed E-state index contributed by atoms with van der Waals surface area (Å²) in [6.45, 7) is 0. The topological polar surface area (TPSA) is 83.2 Å². The van der Waals surface area contributed by atoms with E-state index >= 15 is 0 Å². The van der Waals surface area contributed by atoms with Crippen LogP contribution in [-0.2, 0) is 0 Å². The van der Waals surface area contributed by atoms with Crippen LogP contribution < -0.4 is 0 Å². The van der Waals surface area contributed by atoms with Crippen molar-refractivity contribution in [1.82, 2.24) is 25.0 Å². The standard InChI is InChI=1S/C16H16N6/c17-6-4-11-2-1-3-15(11)22-10-12(8-20-22)14-9-19-21-16-13(14)5-7-18-16/h5,7-11,15H,1-4H2,(H,18,21)/t11-,15-/m0/s1. The highest BCUT2D eigenvalue weighted by molar-refractivity contribution is 5.91. The second-order valence-corrected chi connectivity index (χ2v) is 5.83. The van der Waals surface area contributed by atoms with Gasteiger partial charge in [0.25, 0.3) is 0 Å². The van der Waals surface area contributed by atoms with Gasteiger partial charge in [-0.3, -0.25) is 4.68 Å². The Balaban J connectivity index is 1.70. The molecule has 3 aromatic heterocycles. The lowest BCUT2D eigenvalue weighted by Crippen LogP contribution is -2.14. The summed E-state index contributed by atoms with van der Waals surface area (Å²) in [5.74, 6) is 0.417. The van der Waals surface area contributed by atoms with Crippen LogP contribution in [0.2, 0.25) is 0 Å². The van der Waals surface area contributed by atoms with Gasteiger partial charge in [0.2, 0.25) is 0 Å². The Hall–Kier alpha value is -2.68. The summed E-state index contributed by atoms with van der Waals surface area (Å²) in [4.78, 5) is 3.08. The fraction of sp³-hybridized carbons (Fsp3) is 0.375. The number of aromatic nitrogens is 5. The quantitative estimate of drug-likeness (QED) is 0.804. The third-order valence-electron chi connectivity index (χ3n) is 4.58. The highest BCUT2D eigenvalue weighted by Crippen LogP contribution is 2.38. The van der Waals surface area contributed by atoms with Crippen LogP contribution in [0.4, 0.5) is 0 Å². The van der Waals surface area contributed by atoms with E-state index in [9.17, 15) is 0 Å². The number of H-pyrrole nitrogens is 1. The molecule has 3 aromatic rings. The minimum Gasteiger partial charge on any atom is -0.345 e. The molecule has 3 heterocycles. The van der Waals surface area contributed by atoms with Crippen LogP contribution in [0.25, 0.3) is 22.2 Å². The summed E-state index contributed by atoms with van der Waals surface area (Å²) in [6.07, 6.45) is 11.6. The summed E-state index contributed by atoms with van der Waals surface area (Å²) in [6, 6.07) is 4.65. The van der Waals surface area contributed by atoms with Crippen molar-refractivity contribution in [3.05, 3.63) is 30.9 Å². The first kappa shape index (κ1) is 13.0. The van der Waals surface area contributed by atoms with Gasteiger partial charge in [-0.05, 0) is 24.8 Å². The molecule has 0 amide bonds. The van der Waals surface area contributed by atoms with Gasteiger partial charge in [-0.2, -0.15) is 15.5 Å². The van der Waals surface area contributed by atoms with Crippen molar-refractivity contribution in [2.45, 2.75) is 31.7 Å². The van der Waals surface area contributed by atoms with Crippen molar-refractivity contribution in [3.8, 4) is 17.2 Å². The highest BCUT2D eigenvalue weighted by atomic mass is 15.3. The van der Waals surface area contributed by atoms with Crippen molar-refractivity contribution in [3.63, 3.8) is 0 Å². The van der Waals surface area contributed by atoms with Gasteiger partial charge >= 0.3 is 0 Å². The number of hydrogen-bond donors (Lipinski definition) is 1. The maximum absolute atomic E-state index is 8.97. The van der Waals surface area contributed by atoms with Crippen molar-refractivity contribution >= 4 is 11.0 Å². The van der Waals surface area contributed by atoms with Gasteiger partial charge in [-0.1, -0.05) is 6.42 Å². The second-order valence-electron chi connectivity index (χ2n) is 5.83. The summed E-state index contributed by atoms with van der Waals surface area (Å²) >= 11 is 0. The van der Waals surface area contributed by atoms with Crippen LogP contribution in [0.3, 0.4) is 0 Å². The first-order valence-corrected chi connectivity index (χ1v) is 7.57. The first-order valence-electron chi connectivity index (χ1n) is 7.57. The van der Waals surface area contributed by atoms with Gasteiger partial charge < -0.3 is 4.98 Å². The fourth-order valence-corrected chi connectivity index (χ4v) is 3.48. The zero-order valence-corrected chi connectivity index (χ0v) is 12.1. The predicted molar refractivity (Wildman–Crippen MR) is 81.7 cm³/mol. The molecule has 0 bridgehead atoms. The molecule has 6 heteroatoms. The Morgan fingerprint density at radius 1 is 1.36 bits per heavy atom. The van der Waals surface area contributed by atoms with Crippen molar-refractivity contribution < 1.29 is 0 Å². The minimum absolute atomic E-state index is 0.338. The van der Waals surface area contributed by atoms with Gasteiger partial charge in [-0.15, -0.1) is 5.10 Å². The van der Waals surface area contributed by atoms with Gasteiger partial charge in [0.05, 0.1) is 24.5 Å². The average molecular weight is 292 g/mol. The molecule has 1 N–H and O–H groups in total. The number of rotatable bonds is 3. The van der Waals surface area contributed by atoms with E-state index in [1.165, 1.54) is 6.42 Å². The molecule has 1 aliphatic carbocycles. The normalized spacial score (nSPS) is 21.2. The molecule has 0 aliphatic heterocycles. The summed E-state index contributed by atoms with van der Waals surface area (Å²) in [5, 5.41) is 22.7. The van der Waals surface area contributed by atoms with Gasteiger partial charge in [0.15, 0.2) is 5.65 Å². The molecule has 110 valence electrons. The zero-order chi connectivity index (χ0) is 14.9. The van der Waals surface area contributed by atoms with E-state index in [0.717, 1.165) is 35.0 Å². The largest absolute Gasteiger partial charge is 0.345 e. The van der Waals surface area contributed by atoms with E-state index in [-0.39, 0.29) is 0 Å². The summed E-state index contributed by atoms with van der Waals surface area (Å²) < 4.78 is 2.03. The van der Waals surface area contributed by atoms with Crippen molar-refractivity contribution in [1.29, 1.82) is 5.26 Å².